The maximum Gasteiger partial charge on any atom is 0.302 e. The fourth-order valence-corrected chi connectivity index (χ4v) is 3.19. The van der Waals surface area contributed by atoms with Crippen LogP contribution in [0.1, 0.15) is 81.1 Å². The Morgan fingerprint density at radius 3 is 1.53 bits per heavy atom. The first-order valence-corrected chi connectivity index (χ1v) is 8.32. The molecule has 0 N–H and O–H groups in total. The molecule has 4 atom stereocenters. The zero-order chi connectivity index (χ0) is 15.4. The van der Waals surface area contributed by atoms with Gasteiger partial charge in [-0.15, -0.1) is 0 Å². The molecular weight excluding hydrogens is 236 g/mol. The average Bonchev–Trinajstić information content (AvgIpc) is 2.92. The van der Waals surface area contributed by atoms with Gasteiger partial charge in [0.15, 0.2) is 0 Å². The number of rotatable bonds is 1. The molecule has 0 aromatic carbocycles. The van der Waals surface area contributed by atoms with Gasteiger partial charge >= 0.3 is 5.97 Å². The molecule has 0 radical (unpaired) electrons. The molecule has 116 valence electrons. The van der Waals surface area contributed by atoms with Crippen molar-refractivity contribution in [3.63, 3.8) is 0 Å². The van der Waals surface area contributed by atoms with E-state index in [1.807, 2.05) is 41.5 Å². The molecule has 0 spiro atoms. The van der Waals surface area contributed by atoms with Crippen LogP contribution in [-0.2, 0) is 9.53 Å². The Labute approximate surface area is 121 Å². The summed E-state index contributed by atoms with van der Waals surface area (Å²) < 4.78 is 5.24. The Kier molecular flexibility index (Phi) is 13.7. The predicted octanol–water partition coefficient (Wildman–Crippen LogP) is 5.45. The van der Waals surface area contributed by atoms with E-state index in [9.17, 15) is 4.79 Å². The molecule has 0 bridgehead atoms. The minimum Gasteiger partial charge on any atom is -0.463 e. The molecule has 2 rings (SSSR count). The summed E-state index contributed by atoms with van der Waals surface area (Å²) in [6.07, 6.45) is 5.17. The van der Waals surface area contributed by atoms with Crippen LogP contribution in [0.25, 0.3) is 0 Å². The molecular formula is C17H36O2. The van der Waals surface area contributed by atoms with E-state index in [0.29, 0.717) is 0 Å². The lowest BCUT2D eigenvalue weighted by Crippen LogP contribution is -2.13. The van der Waals surface area contributed by atoms with E-state index in [4.69, 9.17) is 4.74 Å². The zero-order valence-electron chi connectivity index (χ0n) is 14.5. The third-order valence-corrected chi connectivity index (χ3v) is 3.54. The molecule has 19 heavy (non-hydrogen) atoms. The van der Waals surface area contributed by atoms with Gasteiger partial charge in [0.1, 0.15) is 6.10 Å². The molecule has 2 nitrogen and oxygen atoms in total. The van der Waals surface area contributed by atoms with Crippen LogP contribution in [0.5, 0.6) is 0 Å². The first kappa shape index (κ1) is 20.8. The second-order valence-corrected chi connectivity index (χ2v) is 4.80. The molecule has 2 aliphatic carbocycles. The van der Waals surface area contributed by atoms with Crippen LogP contribution in [0.4, 0.5) is 0 Å². The quantitative estimate of drug-likeness (QED) is 0.593. The first-order chi connectivity index (χ1) is 9.15. The number of ether oxygens (including phenoxy) is 1. The summed E-state index contributed by atoms with van der Waals surface area (Å²) in [6.45, 7) is 15.8. The van der Waals surface area contributed by atoms with Gasteiger partial charge < -0.3 is 4.74 Å². The topological polar surface area (TPSA) is 26.3 Å². The van der Waals surface area contributed by atoms with Crippen molar-refractivity contribution in [2.45, 2.75) is 87.2 Å². The first-order valence-electron chi connectivity index (χ1n) is 8.32. The van der Waals surface area contributed by atoms with Crippen molar-refractivity contribution in [1.29, 1.82) is 0 Å². The largest absolute Gasteiger partial charge is 0.463 e. The number of carbonyl (C=O) groups excluding carboxylic acids is 1. The Bertz CT molecular complexity index is 199. The Morgan fingerprint density at radius 1 is 0.842 bits per heavy atom. The molecule has 0 aliphatic heterocycles. The van der Waals surface area contributed by atoms with E-state index < -0.39 is 0 Å². The molecule has 2 saturated carbocycles. The molecule has 2 heteroatoms. The van der Waals surface area contributed by atoms with Crippen LogP contribution in [-0.4, -0.2) is 12.1 Å². The lowest BCUT2D eigenvalue weighted by Gasteiger charge is -2.12. The van der Waals surface area contributed by atoms with Crippen molar-refractivity contribution in [2.24, 2.45) is 17.8 Å². The summed E-state index contributed by atoms with van der Waals surface area (Å²) in [6, 6.07) is 0. The summed E-state index contributed by atoms with van der Waals surface area (Å²) in [7, 11) is 0. The summed E-state index contributed by atoms with van der Waals surface area (Å²) in [4.78, 5) is 10.8. The van der Waals surface area contributed by atoms with Crippen LogP contribution in [0.2, 0.25) is 0 Å². The summed E-state index contributed by atoms with van der Waals surface area (Å²) in [5, 5.41) is 0. The maximum atomic E-state index is 10.8. The van der Waals surface area contributed by atoms with E-state index in [-0.39, 0.29) is 12.1 Å². The fourth-order valence-electron chi connectivity index (χ4n) is 3.19. The third kappa shape index (κ3) is 7.59. The van der Waals surface area contributed by atoms with Crippen molar-refractivity contribution >= 4 is 5.97 Å². The lowest BCUT2D eigenvalue weighted by molar-refractivity contribution is -0.146. The van der Waals surface area contributed by atoms with Crippen LogP contribution in [0.15, 0.2) is 0 Å². The lowest BCUT2D eigenvalue weighted by atomic mass is 10.0. The van der Waals surface area contributed by atoms with Gasteiger partial charge in [0.2, 0.25) is 0 Å². The molecule has 2 unspecified atom stereocenters. The standard InChI is InChI=1S/C11H18O2.3C2H6/c1-7-3-9-5-11(13-8(2)12)6-10(9)4-7;3*1-2/h7,9-11H,3-6H2,1-2H3;3*1-2H3/t7?,9-,10+,11?;;;. The minimum absolute atomic E-state index is 0.113. The average molecular weight is 272 g/mol. The monoisotopic (exact) mass is 272 g/mol. The minimum atomic E-state index is -0.113. The zero-order valence-corrected chi connectivity index (χ0v) is 14.5. The molecule has 0 aromatic heterocycles. The normalized spacial score (nSPS) is 30.5. The van der Waals surface area contributed by atoms with Crippen molar-refractivity contribution < 1.29 is 9.53 Å². The fraction of sp³-hybridized carbons (Fsp3) is 0.941. The van der Waals surface area contributed by atoms with Crippen molar-refractivity contribution in [3.8, 4) is 0 Å². The Hall–Kier alpha value is -0.530. The van der Waals surface area contributed by atoms with Crippen LogP contribution in [0.3, 0.4) is 0 Å². The highest BCUT2D eigenvalue weighted by atomic mass is 16.5. The van der Waals surface area contributed by atoms with Gasteiger partial charge in [0, 0.05) is 6.92 Å². The molecule has 0 amide bonds. The summed E-state index contributed by atoms with van der Waals surface area (Å²) in [5.41, 5.74) is 0. The maximum absolute atomic E-state index is 10.8. The van der Waals surface area contributed by atoms with E-state index >= 15 is 0 Å². The van der Waals surface area contributed by atoms with Gasteiger partial charge in [-0.25, -0.2) is 0 Å². The van der Waals surface area contributed by atoms with Gasteiger partial charge in [0.25, 0.3) is 0 Å². The van der Waals surface area contributed by atoms with E-state index in [2.05, 4.69) is 6.92 Å². The number of carbonyl (C=O) groups is 1. The van der Waals surface area contributed by atoms with Crippen molar-refractivity contribution in [3.05, 3.63) is 0 Å². The highest BCUT2D eigenvalue weighted by Gasteiger charge is 2.41. The van der Waals surface area contributed by atoms with Crippen molar-refractivity contribution in [2.75, 3.05) is 0 Å². The summed E-state index contributed by atoms with van der Waals surface area (Å²) >= 11 is 0. The third-order valence-electron chi connectivity index (χ3n) is 3.54. The van der Waals surface area contributed by atoms with Gasteiger partial charge in [0.05, 0.1) is 0 Å². The van der Waals surface area contributed by atoms with Gasteiger partial charge in [-0.2, -0.15) is 0 Å². The van der Waals surface area contributed by atoms with Gasteiger partial charge in [-0.1, -0.05) is 48.5 Å². The van der Waals surface area contributed by atoms with E-state index in [1.54, 1.807) is 0 Å². The predicted molar refractivity (Wildman–Crippen MR) is 84.2 cm³/mol. The second-order valence-electron chi connectivity index (χ2n) is 4.80. The number of fused-ring (bicyclic) bond motifs is 1. The molecule has 0 saturated heterocycles. The highest BCUT2D eigenvalue weighted by molar-refractivity contribution is 5.66. The van der Waals surface area contributed by atoms with Gasteiger partial charge in [-0.3, -0.25) is 4.79 Å². The van der Waals surface area contributed by atoms with Gasteiger partial charge in [-0.05, 0) is 43.4 Å². The highest BCUT2D eigenvalue weighted by Crippen LogP contribution is 2.47. The Morgan fingerprint density at radius 2 is 1.21 bits per heavy atom. The smallest absolute Gasteiger partial charge is 0.302 e. The van der Waals surface area contributed by atoms with Crippen molar-refractivity contribution in [1.82, 2.24) is 0 Å². The molecule has 0 aromatic rings. The van der Waals surface area contributed by atoms with E-state index in [1.165, 1.54) is 19.8 Å². The molecule has 2 aliphatic rings. The van der Waals surface area contributed by atoms with Crippen LogP contribution >= 0.6 is 0 Å². The number of hydrogen-bond acceptors (Lipinski definition) is 2. The molecule has 2 fully saturated rings. The Balaban J connectivity index is 0. The number of esters is 1. The second kappa shape index (κ2) is 12.5. The number of hydrogen-bond donors (Lipinski definition) is 0. The van der Waals surface area contributed by atoms with Crippen LogP contribution < -0.4 is 0 Å². The van der Waals surface area contributed by atoms with Crippen LogP contribution in [0, 0.1) is 17.8 Å². The SMILES string of the molecule is CC.CC.CC.CC(=O)OC1C[C@H]2CC(C)C[C@H]2C1. The summed E-state index contributed by atoms with van der Waals surface area (Å²) in [5.74, 6) is 2.48. The molecule has 0 heterocycles. The van der Waals surface area contributed by atoms with E-state index in [0.717, 1.165) is 30.6 Å².